The van der Waals surface area contributed by atoms with Gasteiger partial charge in [-0.3, -0.25) is 0 Å². The first-order chi connectivity index (χ1) is 5.61. The Kier molecular flexibility index (Phi) is 4.67. The predicted octanol–water partition coefficient (Wildman–Crippen LogP) is 3.40. The van der Waals surface area contributed by atoms with Crippen molar-refractivity contribution in [2.75, 3.05) is 5.73 Å². The molecule has 0 saturated heterocycles. The molecule has 2 N–H and O–H groups in total. The summed E-state index contributed by atoms with van der Waals surface area (Å²) in [6, 6.07) is 2.55. The number of rotatable bonds is 0. The number of nitrogens with two attached hydrogens (primary N) is 1. The Hall–Kier alpha value is -0.760. The molecule has 0 amide bonds. The summed E-state index contributed by atoms with van der Waals surface area (Å²) in [4.78, 5) is 0. The van der Waals surface area contributed by atoms with Crippen LogP contribution in [0.3, 0.4) is 0 Å². The van der Waals surface area contributed by atoms with Gasteiger partial charge in [0.2, 0.25) is 0 Å². The maximum atomic E-state index is 12.5. The largest absolute Gasteiger partial charge is 0.397 e. The van der Waals surface area contributed by atoms with Crippen molar-refractivity contribution in [2.45, 2.75) is 20.8 Å². The zero-order chi connectivity index (χ0) is 9.72. The van der Waals surface area contributed by atoms with Crippen LogP contribution in [0.1, 0.15) is 19.4 Å². The van der Waals surface area contributed by atoms with E-state index >= 15 is 0 Å². The molecule has 0 heterocycles. The summed E-state index contributed by atoms with van der Waals surface area (Å²) >= 11 is 5.55. The Morgan fingerprint density at radius 2 is 1.83 bits per heavy atom. The van der Waals surface area contributed by atoms with Gasteiger partial charge in [-0.15, -0.1) is 0 Å². The lowest BCUT2D eigenvalue weighted by Crippen LogP contribution is -1.91. The molecule has 0 fully saturated rings. The summed E-state index contributed by atoms with van der Waals surface area (Å²) in [5, 5.41) is 0.275. The van der Waals surface area contributed by atoms with Crippen molar-refractivity contribution in [3.63, 3.8) is 0 Å². The average molecular weight is 190 g/mol. The number of halogens is 2. The van der Waals surface area contributed by atoms with Crippen molar-refractivity contribution in [3.8, 4) is 0 Å². The van der Waals surface area contributed by atoms with E-state index < -0.39 is 0 Å². The minimum atomic E-state index is -0.350. The molecule has 0 saturated carbocycles. The summed E-state index contributed by atoms with van der Waals surface area (Å²) in [5.41, 5.74) is 6.57. The van der Waals surface area contributed by atoms with E-state index in [4.69, 9.17) is 17.3 Å². The van der Waals surface area contributed by atoms with Gasteiger partial charge in [-0.2, -0.15) is 0 Å². The molecular formula is C9H13ClFN. The Bertz CT molecular complexity index is 238. The molecule has 1 rings (SSSR count). The SMILES string of the molecule is CC.Cc1cc(F)cc(Cl)c1N. The van der Waals surface area contributed by atoms with E-state index in [1.165, 1.54) is 12.1 Å². The van der Waals surface area contributed by atoms with Crippen LogP contribution in [-0.4, -0.2) is 0 Å². The van der Waals surface area contributed by atoms with Crippen molar-refractivity contribution in [2.24, 2.45) is 0 Å². The van der Waals surface area contributed by atoms with E-state index in [2.05, 4.69) is 0 Å². The number of hydrogen-bond donors (Lipinski definition) is 1. The highest BCUT2D eigenvalue weighted by atomic mass is 35.5. The van der Waals surface area contributed by atoms with Gasteiger partial charge in [0.25, 0.3) is 0 Å². The van der Waals surface area contributed by atoms with Gasteiger partial charge in [0, 0.05) is 0 Å². The minimum absolute atomic E-state index is 0.275. The standard InChI is InChI=1S/C7H7ClFN.C2H6/c1-4-2-5(9)3-6(8)7(4)10;1-2/h2-3H,10H2,1H3;1-2H3. The van der Waals surface area contributed by atoms with Gasteiger partial charge in [-0.1, -0.05) is 25.4 Å². The molecule has 0 atom stereocenters. The molecule has 12 heavy (non-hydrogen) atoms. The zero-order valence-electron chi connectivity index (χ0n) is 7.49. The molecule has 0 unspecified atom stereocenters. The van der Waals surface area contributed by atoms with Crippen LogP contribution in [0.4, 0.5) is 10.1 Å². The van der Waals surface area contributed by atoms with Crippen molar-refractivity contribution >= 4 is 17.3 Å². The summed E-state index contributed by atoms with van der Waals surface area (Å²) < 4.78 is 12.5. The molecule has 0 bridgehead atoms. The molecule has 0 aliphatic heterocycles. The third-order valence-electron chi connectivity index (χ3n) is 1.30. The van der Waals surface area contributed by atoms with E-state index in [9.17, 15) is 4.39 Å². The fourth-order valence-corrected chi connectivity index (χ4v) is 0.967. The number of hydrogen-bond acceptors (Lipinski definition) is 1. The lowest BCUT2D eigenvalue weighted by molar-refractivity contribution is 0.627. The lowest BCUT2D eigenvalue weighted by Gasteiger charge is -2.00. The van der Waals surface area contributed by atoms with Crippen LogP contribution in [0, 0.1) is 12.7 Å². The molecular weight excluding hydrogens is 177 g/mol. The van der Waals surface area contributed by atoms with Crippen LogP contribution in [0.5, 0.6) is 0 Å². The van der Waals surface area contributed by atoms with Crippen molar-refractivity contribution < 1.29 is 4.39 Å². The van der Waals surface area contributed by atoms with Gasteiger partial charge >= 0.3 is 0 Å². The van der Waals surface area contributed by atoms with Crippen molar-refractivity contribution in [1.29, 1.82) is 0 Å². The van der Waals surface area contributed by atoms with Crippen LogP contribution in [-0.2, 0) is 0 Å². The van der Waals surface area contributed by atoms with E-state index in [-0.39, 0.29) is 10.8 Å². The molecule has 1 nitrogen and oxygen atoms in total. The summed E-state index contributed by atoms with van der Waals surface area (Å²) in [6.45, 7) is 5.71. The van der Waals surface area contributed by atoms with Crippen molar-refractivity contribution in [3.05, 3.63) is 28.5 Å². The van der Waals surface area contributed by atoms with E-state index in [0.717, 1.165) is 0 Å². The second kappa shape index (κ2) is 4.99. The first-order valence-electron chi connectivity index (χ1n) is 3.82. The predicted molar refractivity (Wildman–Crippen MR) is 51.9 cm³/mol. The zero-order valence-corrected chi connectivity index (χ0v) is 8.24. The smallest absolute Gasteiger partial charge is 0.125 e. The summed E-state index contributed by atoms with van der Waals surface area (Å²) in [5.74, 6) is -0.350. The third kappa shape index (κ3) is 2.70. The highest BCUT2D eigenvalue weighted by Crippen LogP contribution is 2.22. The van der Waals surface area contributed by atoms with Gasteiger partial charge in [-0.25, -0.2) is 4.39 Å². The van der Waals surface area contributed by atoms with Crippen LogP contribution in [0.2, 0.25) is 5.02 Å². The van der Waals surface area contributed by atoms with Gasteiger partial charge < -0.3 is 5.73 Å². The Morgan fingerprint density at radius 3 is 2.25 bits per heavy atom. The van der Waals surface area contributed by atoms with Gasteiger partial charge in [0.15, 0.2) is 0 Å². The molecule has 3 heteroatoms. The minimum Gasteiger partial charge on any atom is -0.397 e. The second-order valence-electron chi connectivity index (χ2n) is 2.12. The maximum Gasteiger partial charge on any atom is 0.125 e. The van der Waals surface area contributed by atoms with Gasteiger partial charge in [0.1, 0.15) is 5.82 Å². The van der Waals surface area contributed by atoms with Crippen molar-refractivity contribution in [1.82, 2.24) is 0 Å². The molecule has 0 aliphatic carbocycles. The first-order valence-corrected chi connectivity index (χ1v) is 4.20. The van der Waals surface area contributed by atoms with Crippen LogP contribution in [0.15, 0.2) is 12.1 Å². The molecule has 0 aromatic heterocycles. The van der Waals surface area contributed by atoms with Crippen LogP contribution >= 0.6 is 11.6 Å². The third-order valence-corrected chi connectivity index (χ3v) is 1.61. The van der Waals surface area contributed by atoms with Gasteiger partial charge in [-0.05, 0) is 24.6 Å². The molecule has 0 radical (unpaired) electrons. The molecule has 68 valence electrons. The van der Waals surface area contributed by atoms with Crippen LogP contribution in [0.25, 0.3) is 0 Å². The van der Waals surface area contributed by atoms with E-state index in [1.54, 1.807) is 6.92 Å². The molecule has 1 aromatic carbocycles. The second-order valence-corrected chi connectivity index (χ2v) is 2.53. The number of aryl methyl sites for hydroxylation is 1. The fourth-order valence-electron chi connectivity index (χ4n) is 0.713. The Labute approximate surface area is 77.3 Å². The highest BCUT2D eigenvalue weighted by Gasteiger charge is 2.01. The maximum absolute atomic E-state index is 12.5. The summed E-state index contributed by atoms with van der Waals surface area (Å²) in [6.07, 6.45) is 0. The molecule has 0 spiro atoms. The van der Waals surface area contributed by atoms with E-state index in [1.807, 2.05) is 13.8 Å². The number of anilines is 1. The Balaban J connectivity index is 0.000000561. The number of benzene rings is 1. The number of nitrogen functional groups attached to an aromatic ring is 1. The highest BCUT2D eigenvalue weighted by molar-refractivity contribution is 6.33. The lowest BCUT2D eigenvalue weighted by atomic mass is 10.2. The first kappa shape index (κ1) is 11.2. The normalized spacial score (nSPS) is 8.75. The molecule has 1 aromatic rings. The monoisotopic (exact) mass is 189 g/mol. The summed E-state index contributed by atoms with van der Waals surface area (Å²) in [7, 11) is 0. The Morgan fingerprint density at radius 1 is 1.33 bits per heavy atom. The van der Waals surface area contributed by atoms with Gasteiger partial charge in [0.05, 0.1) is 10.7 Å². The quantitative estimate of drug-likeness (QED) is 0.622. The topological polar surface area (TPSA) is 26.0 Å². The van der Waals surface area contributed by atoms with E-state index in [0.29, 0.717) is 11.3 Å². The molecule has 0 aliphatic rings. The van der Waals surface area contributed by atoms with Crippen LogP contribution < -0.4 is 5.73 Å². The average Bonchev–Trinajstić information content (AvgIpc) is 2.04. The fraction of sp³-hybridized carbons (Fsp3) is 0.333.